The van der Waals surface area contributed by atoms with Crippen LogP contribution in [0, 0.1) is 10.1 Å². The molecule has 0 aliphatic heterocycles. The molecule has 2 aromatic rings. The second-order valence-electron chi connectivity index (χ2n) is 4.96. The molecule has 0 spiro atoms. The van der Waals surface area contributed by atoms with Gasteiger partial charge in [0.15, 0.2) is 4.90 Å². The molecule has 0 saturated carbocycles. The fraction of sp³-hybridized carbons (Fsp3) is 0.200. The van der Waals surface area contributed by atoms with Crippen LogP contribution in [0.1, 0.15) is 11.6 Å². The van der Waals surface area contributed by atoms with Gasteiger partial charge < -0.3 is 10.5 Å². The molecule has 1 atom stereocenters. The van der Waals surface area contributed by atoms with Crippen molar-refractivity contribution < 1.29 is 18.1 Å². The van der Waals surface area contributed by atoms with Crippen LogP contribution in [0.4, 0.5) is 5.69 Å². The summed E-state index contributed by atoms with van der Waals surface area (Å²) >= 11 is 0. The number of nitro groups is 1. The monoisotopic (exact) mass is 351 g/mol. The van der Waals surface area contributed by atoms with Crippen LogP contribution < -0.4 is 15.2 Å². The van der Waals surface area contributed by atoms with E-state index in [1.54, 1.807) is 24.3 Å². The SMILES string of the molecule is COc1ccc(C(N)CNS(=O)(=O)c2ccccc2[N+](=O)[O-])cc1. The van der Waals surface area contributed by atoms with Gasteiger partial charge in [0.2, 0.25) is 10.0 Å². The summed E-state index contributed by atoms with van der Waals surface area (Å²) in [5.74, 6) is 0.659. The summed E-state index contributed by atoms with van der Waals surface area (Å²) in [6.07, 6.45) is 0. The van der Waals surface area contributed by atoms with Gasteiger partial charge in [-0.05, 0) is 23.8 Å². The molecule has 8 nitrogen and oxygen atoms in total. The van der Waals surface area contributed by atoms with Crippen LogP contribution in [0.25, 0.3) is 0 Å². The number of nitrogens with zero attached hydrogens (tertiary/aromatic N) is 1. The van der Waals surface area contributed by atoms with Crippen molar-refractivity contribution in [3.05, 3.63) is 64.2 Å². The molecule has 1 unspecified atom stereocenters. The minimum Gasteiger partial charge on any atom is -0.497 e. The van der Waals surface area contributed by atoms with E-state index in [1.807, 2.05) is 0 Å². The molecule has 0 saturated heterocycles. The number of ether oxygens (including phenoxy) is 1. The van der Waals surface area contributed by atoms with Gasteiger partial charge in [0.1, 0.15) is 5.75 Å². The molecule has 0 aromatic heterocycles. The molecule has 0 aliphatic carbocycles. The van der Waals surface area contributed by atoms with E-state index in [2.05, 4.69) is 4.72 Å². The summed E-state index contributed by atoms with van der Waals surface area (Å²) < 4.78 is 32.0. The van der Waals surface area contributed by atoms with Gasteiger partial charge in [-0.25, -0.2) is 13.1 Å². The smallest absolute Gasteiger partial charge is 0.289 e. The maximum Gasteiger partial charge on any atom is 0.289 e. The van der Waals surface area contributed by atoms with E-state index in [9.17, 15) is 18.5 Å². The third-order valence-electron chi connectivity index (χ3n) is 3.39. The minimum atomic E-state index is -4.05. The van der Waals surface area contributed by atoms with Crippen molar-refractivity contribution in [2.75, 3.05) is 13.7 Å². The number of nitrogens with one attached hydrogen (secondary N) is 1. The fourth-order valence-corrected chi connectivity index (χ4v) is 3.31. The highest BCUT2D eigenvalue weighted by Gasteiger charge is 2.25. The van der Waals surface area contributed by atoms with Crippen molar-refractivity contribution >= 4 is 15.7 Å². The lowest BCUT2D eigenvalue weighted by Crippen LogP contribution is -2.32. The minimum absolute atomic E-state index is 0.0965. The van der Waals surface area contributed by atoms with Crippen LogP contribution in [0.2, 0.25) is 0 Å². The fourth-order valence-electron chi connectivity index (χ4n) is 2.08. The predicted octanol–water partition coefficient (Wildman–Crippen LogP) is 1.58. The third kappa shape index (κ3) is 4.07. The highest BCUT2D eigenvalue weighted by atomic mass is 32.2. The van der Waals surface area contributed by atoms with Crippen molar-refractivity contribution in [3.8, 4) is 5.75 Å². The molecule has 0 fully saturated rings. The van der Waals surface area contributed by atoms with Crippen LogP contribution in [-0.2, 0) is 10.0 Å². The average Bonchev–Trinajstić information content (AvgIpc) is 2.59. The van der Waals surface area contributed by atoms with E-state index in [4.69, 9.17) is 10.5 Å². The number of hydrogen-bond donors (Lipinski definition) is 2. The van der Waals surface area contributed by atoms with Gasteiger partial charge >= 0.3 is 0 Å². The van der Waals surface area contributed by atoms with Crippen molar-refractivity contribution in [3.63, 3.8) is 0 Å². The Hall–Kier alpha value is -2.49. The van der Waals surface area contributed by atoms with Crippen molar-refractivity contribution in [1.82, 2.24) is 4.72 Å². The van der Waals surface area contributed by atoms with E-state index in [0.29, 0.717) is 11.3 Å². The zero-order valence-corrected chi connectivity index (χ0v) is 13.7. The average molecular weight is 351 g/mol. The number of methoxy groups -OCH3 is 1. The highest BCUT2D eigenvalue weighted by molar-refractivity contribution is 7.89. The van der Waals surface area contributed by atoms with Gasteiger partial charge in [-0.3, -0.25) is 10.1 Å². The normalized spacial score (nSPS) is 12.6. The molecule has 0 radical (unpaired) electrons. The quantitative estimate of drug-likeness (QED) is 0.576. The van der Waals surface area contributed by atoms with E-state index in [0.717, 1.165) is 6.07 Å². The van der Waals surface area contributed by atoms with Gasteiger partial charge in [-0.2, -0.15) is 0 Å². The molecule has 24 heavy (non-hydrogen) atoms. The summed E-state index contributed by atoms with van der Waals surface area (Å²) in [6, 6.07) is 11.4. The molecule has 0 heterocycles. The number of benzene rings is 2. The van der Waals surface area contributed by atoms with Gasteiger partial charge in [0.25, 0.3) is 5.69 Å². The number of para-hydroxylation sites is 1. The molecule has 0 amide bonds. The Bertz CT molecular complexity index is 821. The van der Waals surface area contributed by atoms with E-state index < -0.39 is 31.6 Å². The summed E-state index contributed by atoms with van der Waals surface area (Å²) in [6.45, 7) is -0.0965. The second kappa shape index (κ2) is 7.39. The molecule has 2 aromatic carbocycles. The Labute approximate surface area is 139 Å². The molecule has 3 N–H and O–H groups in total. The lowest BCUT2D eigenvalue weighted by molar-refractivity contribution is -0.387. The molecule has 0 bridgehead atoms. The molecule has 128 valence electrons. The van der Waals surface area contributed by atoms with Crippen molar-refractivity contribution in [2.24, 2.45) is 5.73 Å². The number of hydrogen-bond acceptors (Lipinski definition) is 6. The number of sulfonamides is 1. The lowest BCUT2D eigenvalue weighted by Gasteiger charge is -2.14. The molecular weight excluding hydrogens is 334 g/mol. The summed E-state index contributed by atoms with van der Waals surface area (Å²) in [5.41, 5.74) is 6.19. The maximum absolute atomic E-state index is 12.3. The first kappa shape index (κ1) is 17.9. The van der Waals surface area contributed by atoms with E-state index >= 15 is 0 Å². The van der Waals surface area contributed by atoms with E-state index in [-0.39, 0.29) is 6.54 Å². The maximum atomic E-state index is 12.3. The largest absolute Gasteiger partial charge is 0.497 e. The van der Waals surface area contributed by atoms with Crippen LogP contribution in [0.3, 0.4) is 0 Å². The standard InChI is InChI=1S/C15H17N3O5S/c1-23-12-8-6-11(7-9-12)13(16)10-17-24(21,22)15-5-3-2-4-14(15)18(19)20/h2-9,13,17H,10,16H2,1H3. The predicted molar refractivity (Wildman–Crippen MR) is 88.2 cm³/mol. The Morgan fingerprint density at radius 3 is 2.42 bits per heavy atom. The first-order valence-corrected chi connectivity index (χ1v) is 8.46. The molecular formula is C15H17N3O5S. The summed E-state index contributed by atoms with van der Waals surface area (Å²) in [4.78, 5) is 9.84. The van der Waals surface area contributed by atoms with Crippen LogP contribution >= 0.6 is 0 Å². The second-order valence-corrected chi connectivity index (χ2v) is 6.69. The molecule has 9 heteroatoms. The van der Waals surface area contributed by atoms with Gasteiger partial charge in [-0.1, -0.05) is 24.3 Å². The Morgan fingerprint density at radius 2 is 1.83 bits per heavy atom. The zero-order valence-electron chi connectivity index (χ0n) is 12.9. The topological polar surface area (TPSA) is 125 Å². The van der Waals surface area contributed by atoms with Gasteiger partial charge in [-0.15, -0.1) is 0 Å². The van der Waals surface area contributed by atoms with Crippen LogP contribution in [0.15, 0.2) is 53.4 Å². The van der Waals surface area contributed by atoms with Crippen molar-refractivity contribution in [1.29, 1.82) is 0 Å². The highest BCUT2D eigenvalue weighted by Crippen LogP contribution is 2.23. The van der Waals surface area contributed by atoms with Crippen LogP contribution in [-0.4, -0.2) is 27.0 Å². The number of rotatable bonds is 7. The summed E-state index contributed by atoms with van der Waals surface area (Å²) in [5, 5.41) is 11.0. The lowest BCUT2D eigenvalue weighted by atomic mass is 10.1. The number of nitro benzene ring substituents is 1. The molecule has 2 rings (SSSR count). The Morgan fingerprint density at radius 1 is 1.21 bits per heavy atom. The van der Waals surface area contributed by atoms with E-state index in [1.165, 1.54) is 25.3 Å². The van der Waals surface area contributed by atoms with Gasteiger partial charge in [0, 0.05) is 18.7 Å². The number of nitrogens with two attached hydrogens (primary N) is 1. The van der Waals surface area contributed by atoms with Crippen LogP contribution in [0.5, 0.6) is 5.75 Å². The van der Waals surface area contributed by atoms with Crippen molar-refractivity contribution in [2.45, 2.75) is 10.9 Å². The Balaban J connectivity index is 2.13. The third-order valence-corrected chi connectivity index (χ3v) is 4.86. The summed E-state index contributed by atoms with van der Waals surface area (Å²) in [7, 11) is -2.51. The Kier molecular flexibility index (Phi) is 5.50. The molecule has 0 aliphatic rings. The zero-order chi connectivity index (χ0) is 17.7. The van der Waals surface area contributed by atoms with Gasteiger partial charge in [0.05, 0.1) is 12.0 Å². The first-order chi connectivity index (χ1) is 11.3. The first-order valence-electron chi connectivity index (χ1n) is 6.98.